The van der Waals surface area contributed by atoms with Gasteiger partial charge in [0.15, 0.2) is 6.61 Å². The van der Waals surface area contributed by atoms with Crippen molar-refractivity contribution < 1.29 is 22.3 Å². The summed E-state index contributed by atoms with van der Waals surface area (Å²) in [7, 11) is 0. The number of aromatic nitrogens is 2. The van der Waals surface area contributed by atoms with E-state index in [0.717, 1.165) is 0 Å². The highest BCUT2D eigenvalue weighted by Crippen LogP contribution is 2.32. The Labute approximate surface area is 156 Å². The molecule has 0 fully saturated rings. The number of alkyl halides is 3. The van der Waals surface area contributed by atoms with Gasteiger partial charge in [0.2, 0.25) is 0 Å². The van der Waals surface area contributed by atoms with E-state index in [-0.39, 0.29) is 17.1 Å². The summed E-state index contributed by atoms with van der Waals surface area (Å²) in [6.45, 7) is 0.266. The number of aromatic amines is 1. The maximum atomic E-state index is 13.5. The summed E-state index contributed by atoms with van der Waals surface area (Å²) in [6.07, 6.45) is -2.83. The lowest BCUT2D eigenvalue weighted by Gasteiger charge is -2.14. The Balaban J connectivity index is 1.99. The number of nitrogens with one attached hydrogen (secondary N) is 1. The van der Waals surface area contributed by atoms with Crippen molar-refractivity contribution in [2.45, 2.75) is 13.1 Å². The third-order valence-corrected chi connectivity index (χ3v) is 4.46. The molecule has 28 heavy (non-hydrogen) atoms. The molecule has 4 nitrogen and oxygen atoms in total. The second-order valence-electron chi connectivity index (χ2n) is 6.42. The molecule has 0 saturated heterocycles. The van der Waals surface area contributed by atoms with Crippen molar-refractivity contribution in [1.82, 2.24) is 9.55 Å². The van der Waals surface area contributed by atoms with Crippen molar-refractivity contribution in [3.05, 3.63) is 70.4 Å². The number of hydrogen-bond donors (Lipinski definition) is 1. The molecule has 0 spiro atoms. The fourth-order valence-electron chi connectivity index (χ4n) is 3.30. The second-order valence-corrected chi connectivity index (χ2v) is 6.42. The van der Waals surface area contributed by atoms with Crippen LogP contribution in [0.5, 0.6) is 5.75 Å². The fourth-order valence-corrected chi connectivity index (χ4v) is 3.30. The van der Waals surface area contributed by atoms with Gasteiger partial charge in [-0.1, -0.05) is 12.1 Å². The first-order valence-electron chi connectivity index (χ1n) is 8.37. The Bertz CT molecular complexity index is 1260. The third-order valence-electron chi connectivity index (χ3n) is 4.46. The van der Waals surface area contributed by atoms with Gasteiger partial charge in [0.25, 0.3) is 5.56 Å². The molecule has 0 amide bonds. The van der Waals surface area contributed by atoms with Crippen LogP contribution in [0.4, 0.5) is 17.6 Å². The van der Waals surface area contributed by atoms with Crippen molar-refractivity contribution in [3.63, 3.8) is 0 Å². The molecule has 4 rings (SSSR count). The van der Waals surface area contributed by atoms with Crippen molar-refractivity contribution in [2.24, 2.45) is 0 Å². The highest BCUT2D eigenvalue weighted by molar-refractivity contribution is 6.06. The predicted molar refractivity (Wildman–Crippen MR) is 97.6 cm³/mol. The highest BCUT2D eigenvalue weighted by atomic mass is 19.4. The van der Waals surface area contributed by atoms with Gasteiger partial charge >= 0.3 is 6.18 Å². The topological polar surface area (TPSA) is 47.0 Å². The second kappa shape index (κ2) is 6.40. The van der Waals surface area contributed by atoms with E-state index in [2.05, 4.69) is 4.98 Å². The van der Waals surface area contributed by atoms with Crippen LogP contribution in [0, 0.1) is 12.7 Å². The molecule has 0 saturated carbocycles. The van der Waals surface area contributed by atoms with Crippen molar-refractivity contribution >= 4 is 21.8 Å². The molecule has 0 atom stereocenters. The summed E-state index contributed by atoms with van der Waals surface area (Å²) in [4.78, 5) is 15.1. The van der Waals surface area contributed by atoms with Gasteiger partial charge in [-0.25, -0.2) is 4.39 Å². The van der Waals surface area contributed by atoms with E-state index >= 15 is 0 Å². The van der Waals surface area contributed by atoms with Gasteiger partial charge in [0.1, 0.15) is 11.6 Å². The van der Waals surface area contributed by atoms with E-state index in [1.807, 2.05) is 0 Å². The quantitative estimate of drug-likeness (QED) is 0.508. The molecule has 0 bridgehead atoms. The number of para-hydroxylation sites is 1. The third kappa shape index (κ3) is 3.11. The van der Waals surface area contributed by atoms with Gasteiger partial charge in [-0.3, -0.25) is 4.79 Å². The number of rotatable bonds is 3. The molecule has 1 N–H and O–H groups in total. The molecular formula is C20H14F4N2O2. The molecule has 8 heteroatoms. The number of H-pyrrole nitrogens is 1. The molecule has 2 aromatic heterocycles. The zero-order valence-corrected chi connectivity index (χ0v) is 14.6. The maximum absolute atomic E-state index is 13.5. The smallest absolute Gasteiger partial charge is 0.422 e. The summed E-state index contributed by atoms with van der Waals surface area (Å²) in [5.74, 6) is -0.458. The van der Waals surface area contributed by atoms with E-state index in [1.165, 1.54) is 18.2 Å². The molecule has 0 aliphatic carbocycles. The van der Waals surface area contributed by atoms with Crippen LogP contribution in [-0.4, -0.2) is 22.3 Å². The average molecular weight is 390 g/mol. The molecular weight excluding hydrogens is 376 g/mol. The first kappa shape index (κ1) is 18.1. The summed E-state index contributed by atoms with van der Waals surface area (Å²) in [6, 6.07) is 10.5. The highest BCUT2D eigenvalue weighted by Gasteiger charge is 2.29. The van der Waals surface area contributed by atoms with Gasteiger partial charge in [0.05, 0.1) is 16.4 Å². The van der Waals surface area contributed by atoms with Gasteiger partial charge in [-0.15, -0.1) is 0 Å². The minimum Gasteiger partial charge on any atom is -0.482 e. The summed E-state index contributed by atoms with van der Waals surface area (Å²) in [5.41, 5.74) is 1.53. The van der Waals surface area contributed by atoms with Crippen LogP contribution in [0.1, 0.15) is 5.56 Å². The number of hydrogen-bond acceptors (Lipinski definition) is 2. The minimum absolute atomic E-state index is 0.0718. The van der Waals surface area contributed by atoms with E-state index in [9.17, 15) is 22.4 Å². The molecule has 0 aliphatic rings. The van der Waals surface area contributed by atoms with E-state index in [1.54, 1.807) is 42.0 Å². The fraction of sp³-hybridized carbons (Fsp3) is 0.150. The number of aryl methyl sites for hydroxylation is 1. The average Bonchev–Trinajstić information content (AvgIpc) is 3.05. The minimum atomic E-state index is -4.50. The monoisotopic (exact) mass is 390 g/mol. The van der Waals surface area contributed by atoms with E-state index in [4.69, 9.17) is 4.74 Å². The zero-order chi connectivity index (χ0) is 20.1. The van der Waals surface area contributed by atoms with Crippen LogP contribution >= 0.6 is 0 Å². The van der Waals surface area contributed by atoms with Gasteiger partial charge < -0.3 is 14.3 Å². The van der Waals surface area contributed by atoms with Crippen LogP contribution in [0.3, 0.4) is 0 Å². The normalized spacial score (nSPS) is 12.0. The molecule has 4 aromatic rings. The molecule has 0 aliphatic heterocycles. The number of halogens is 4. The van der Waals surface area contributed by atoms with Crippen LogP contribution < -0.4 is 10.3 Å². The lowest BCUT2D eigenvalue weighted by Crippen LogP contribution is -2.19. The Morgan fingerprint density at radius 3 is 2.61 bits per heavy atom. The van der Waals surface area contributed by atoms with Gasteiger partial charge in [-0.05, 0) is 42.8 Å². The van der Waals surface area contributed by atoms with E-state index in [0.29, 0.717) is 27.5 Å². The first-order valence-corrected chi connectivity index (χ1v) is 8.37. The number of fused-ring (bicyclic) bond motifs is 3. The zero-order valence-electron chi connectivity index (χ0n) is 14.6. The number of ether oxygens (including phenoxy) is 1. The molecule has 2 heterocycles. The molecule has 2 aromatic carbocycles. The predicted octanol–water partition coefficient (Wildman–Crippen LogP) is 4.86. The van der Waals surface area contributed by atoms with Gasteiger partial charge in [-0.2, -0.15) is 13.2 Å². The van der Waals surface area contributed by atoms with Crippen LogP contribution in [0.25, 0.3) is 27.5 Å². The number of pyridine rings is 1. The van der Waals surface area contributed by atoms with E-state index < -0.39 is 18.3 Å². The lowest BCUT2D eigenvalue weighted by molar-refractivity contribution is -0.153. The molecule has 144 valence electrons. The maximum Gasteiger partial charge on any atom is 0.422 e. The molecule has 0 unspecified atom stereocenters. The SMILES string of the molecule is Cc1cc(F)ccc1-n1ccc2c(=O)[nH]c3c(OCC(F)(F)F)cccc3c21. The van der Waals surface area contributed by atoms with Crippen LogP contribution in [0.15, 0.2) is 53.5 Å². The van der Waals surface area contributed by atoms with Crippen LogP contribution in [-0.2, 0) is 0 Å². The lowest BCUT2D eigenvalue weighted by atomic mass is 10.1. The summed E-state index contributed by atoms with van der Waals surface area (Å²) in [5, 5.41) is 0.882. The number of benzene rings is 2. The standard InChI is InChI=1S/C20H14F4N2O2/c1-11-9-12(21)5-6-15(11)26-8-7-14-18(26)13-3-2-4-16(17(13)25-19(14)27)28-10-20(22,23)24/h2-9H,10H2,1H3,(H,25,27). The summed E-state index contributed by atoms with van der Waals surface area (Å²) >= 11 is 0. The van der Waals surface area contributed by atoms with Crippen LogP contribution in [0.2, 0.25) is 0 Å². The van der Waals surface area contributed by atoms with Gasteiger partial charge in [0, 0.05) is 17.3 Å². The first-order chi connectivity index (χ1) is 13.2. The van der Waals surface area contributed by atoms with Crippen molar-refractivity contribution in [1.29, 1.82) is 0 Å². The Morgan fingerprint density at radius 1 is 1.11 bits per heavy atom. The summed E-state index contributed by atoms with van der Waals surface area (Å²) < 4.78 is 57.8. The Morgan fingerprint density at radius 2 is 1.89 bits per heavy atom. The van der Waals surface area contributed by atoms with Crippen molar-refractivity contribution in [2.75, 3.05) is 6.61 Å². The Hall–Kier alpha value is -3.29. The number of nitrogens with zero attached hydrogens (tertiary/aromatic N) is 1. The Kier molecular flexibility index (Phi) is 4.14. The largest absolute Gasteiger partial charge is 0.482 e. The molecule has 0 radical (unpaired) electrons. The van der Waals surface area contributed by atoms with Crippen molar-refractivity contribution in [3.8, 4) is 11.4 Å².